The van der Waals surface area contributed by atoms with Crippen molar-refractivity contribution < 1.29 is 14.4 Å². The third kappa shape index (κ3) is 7.11. The molecule has 0 aliphatic carbocycles. The summed E-state index contributed by atoms with van der Waals surface area (Å²) in [7, 11) is 0. The number of nitrogens with one attached hydrogen (secondary N) is 4. The van der Waals surface area contributed by atoms with Gasteiger partial charge in [0.1, 0.15) is 6.04 Å². The van der Waals surface area contributed by atoms with E-state index < -0.39 is 6.04 Å². The lowest BCUT2D eigenvalue weighted by Crippen LogP contribution is -2.47. The van der Waals surface area contributed by atoms with E-state index in [9.17, 15) is 14.4 Å². The van der Waals surface area contributed by atoms with Gasteiger partial charge in [-0.25, -0.2) is 0 Å². The molecular weight excluding hydrogens is 526 g/mol. The Labute approximate surface area is 243 Å². The normalized spacial score (nSPS) is 11.7. The molecule has 8 nitrogen and oxygen atoms in total. The van der Waals surface area contributed by atoms with E-state index in [1.807, 2.05) is 60.8 Å². The fourth-order valence-corrected chi connectivity index (χ4v) is 4.58. The van der Waals surface area contributed by atoms with Gasteiger partial charge in [-0.05, 0) is 53.1 Å². The maximum absolute atomic E-state index is 13.4. The molecule has 0 aliphatic heterocycles. The molecule has 0 bridgehead atoms. The molecule has 5 aromatic rings. The zero-order valence-electron chi connectivity index (χ0n) is 22.8. The van der Waals surface area contributed by atoms with Gasteiger partial charge < -0.3 is 26.7 Å². The van der Waals surface area contributed by atoms with E-state index in [-0.39, 0.29) is 24.3 Å². The molecule has 1 atom stereocenters. The summed E-state index contributed by atoms with van der Waals surface area (Å²) in [6.07, 6.45) is 5.31. The van der Waals surface area contributed by atoms with Crippen LogP contribution >= 0.6 is 0 Å². The Hall–Kier alpha value is -5.63. The highest BCUT2D eigenvalue weighted by Gasteiger charge is 2.22. The molecule has 0 radical (unpaired) electrons. The van der Waals surface area contributed by atoms with Gasteiger partial charge in [-0.1, -0.05) is 72.8 Å². The number of benzene rings is 4. The number of nitrogen functional groups attached to an aromatic ring is 1. The lowest BCUT2D eigenvalue weighted by molar-refractivity contribution is -0.127. The Morgan fingerprint density at radius 1 is 0.833 bits per heavy atom. The first-order valence-corrected chi connectivity index (χ1v) is 13.6. The van der Waals surface area contributed by atoms with E-state index in [1.165, 1.54) is 6.08 Å². The quantitative estimate of drug-likeness (QED) is 0.121. The zero-order chi connectivity index (χ0) is 29.3. The number of nitrogens with two attached hydrogens (primary N) is 1. The van der Waals surface area contributed by atoms with E-state index in [0.717, 1.165) is 27.6 Å². The Balaban J connectivity index is 1.25. The van der Waals surface area contributed by atoms with E-state index in [4.69, 9.17) is 5.73 Å². The first-order valence-electron chi connectivity index (χ1n) is 13.6. The highest BCUT2D eigenvalue weighted by atomic mass is 16.2. The highest BCUT2D eigenvalue weighted by molar-refractivity contribution is 6.05. The predicted molar refractivity (Wildman–Crippen MR) is 167 cm³/mol. The molecular formula is C34H31N5O3. The molecule has 210 valence electrons. The molecule has 4 aromatic carbocycles. The number of aromatic amines is 1. The first-order chi connectivity index (χ1) is 20.5. The van der Waals surface area contributed by atoms with E-state index in [0.29, 0.717) is 23.4 Å². The Morgan fingerprint density at radius 3 is 2.33 bits per heavy atom. The van der Waals surface area contributed by atoms with E-state index in [1.54, 1.807) is 54.6 Å². The van der Waals surface area contributed by atoms with Crippen molar-refractivity contribution in [1.29, 1.82) is 0 Å². The summed E-state index contributed by atoms with van der Waals surface area (Å²) in [5.41, 5.74) is 11.0. The van der Waals surface area contributed by atoms with Crippen molar-refractivity contribution in [2.75, 3.05) is 11.1 Å². The smallest absolute Gasteiger partial charge is 0.255 e. The monoisotopic (exact) mass is 557 g/mol. The van der Waals surface area contributed by atoms with Crippen LogP contribution in [0.5, 0.6) is 0 Å². The van der Waals surface area contributed by atoms with Crippen molar-refractivity contribution in [3.8, 4) is 0 Å². The molecule has 0 aliphatic rings. The van der Waals surface area contributed by atoms with Crippen molar-refractivity contribution in [3.63, 3.8) is 0 Å². The number of carbonyl (C=O) groups excluding carboxylic acids is 3. The second-order valence-corrected chi connectivity index (χ2v) is 9.82. The molecule has 1 unspecified atom stereocenters. The van der Waals surface area contributed by atoms with Gasteiger partial charge in [-0.15, -0.1) is 0 Å². The molecule has 6 N–H and O–H groups in total. The molecule has 1 aromatic heterocycles. The van der Waals surface area contributed by atoms with Crippen LogP contribution in [0.4, 0.5) is 11.4 Å². The number of fused-ring (bicyclic) bond motifs is 1. The molecule has 0 saturated heterocycles. The van der Waals surface area contributed by atoms with E-state index in [2.05, 4.69) is 20.9 Å². The predicted octanol–water partition coefficient (Wildman–Crippen LogP) is 5.06. The minimum absolute atomic E-state index is 0.229. The van der Waals surface area contributed by atoms with Crippen molar-refractivity contribution in [2.24, 2.45) is 0 Å². The minimum Gasteiger partial charge on any atom is -0.397 e. The number of hydrogen-bond donors (Lipinski definition) is 5. The minimum atomic E-state index is -0.807. The highest BCUT2D eigenvalue weighted by Crippen LogP contribution is 2.20. The number of carbonyl (C=O) groups is 3. The van der Waals surface area contributed by atoms with Gasteiger partial charge in [0.25, 0.3) is 5.91 Å². The Bertz CT molecular complexity index is 1730. The first kappa shape index (κ1) is 27.9. The van der Waals surface area contributed by atoms with E-state index >= 15 is 0 Å². The average Bonchev–Trinajstić information content (AvgIpc) is 3.43. The zero-order valence-corrected chi connectivity index (χ0v) is 22.8. The van der Waals surface area contributed by atoms with Gasteiger partial charge in [-0.2, -0.15) is 0 Å². The third-order valence-electron chi connectivity index (χ3n) is 6.85. The number of hydrogen-bond acceptors (Lipinski definition) is 4. The van der Waals surface area contributed by atoms with Gasteiger partial charge >= 0.3 is 0 Å². The van der Waals surface area contributed by atoms with Gasteiger partial charge in [-0.3, -0.25) is 14.4 Å². The second-order valence-electron chi connectivity index (χ2n) is 9.82. The van der Waals surface area contributed by atoms with Crippen LogP contribution in [0, 0.1) is 0 Å². The van der Waals surface area contributed by atoms with Crippen molar-refractivity contribution in [3.05, 3.63) is 138 Å². The number of H-pyrrole nitrogens is 1. The van der Waals surface area contributed by atoms with Gasteiger partial charge in [0, 0.05) is 41.7 Å². The maximum atomic E-state index is 13.4. The van der Waals surface area contributed by atoms with Crippen LogP contribution in [0.1, 0.15) is 27.0 Å². The van der Waals surface area contributed by atoms with Gasteiger partial charge in [0.15, 0.2) is 0 Å². The summed E-state index contributed by atoms with van der Waals surface area (Å²) in [6, 6.07) is 30.5. The van der Waals surface area contributed by atoms with Crippen LogP contribution in [-0.4, -0.2) is 28.7 Å². The third-order valence-corrected chi connectivity index (χ3v) is 6.85. The largest absolute Gasteiger partial charge is 0.397 e. The lowest BCUT2D eigenvalue weighted by Gasteiger charge is -2.18. The standard InChI is InChI=1S/C34H31N5O3/c35-28-11-5-7-13-30(28)39-33(41)25-17-14-24(15-18-25)21-37-34(42)31(20-26-22-36-29-12-6-4-10-27(26)29)38-32(40)19-16-23-8-2-1-3-9-23/h1-19,22,31,36H,20-21,35H2,(H,37,42)(H,38,40)(H,39,41)/b19-16+. The van der Waals surface area contributed by atoms with Crippen LogP contribution in [0.2, 0.25) is 0 Å². The van der Waals surface area contributed by atoms with Crippen LogP contribution in [0.25, 0.3) is 17.0 Å². The summed E-state index contributed by atoms with van der Waals surface area (Å²) in [5.74, 6) is -0.968. The summed E-state index contributed by atoms with van der Waals surface area (Å²) >= 11 is 0. The van der Waals surface area contributed by atoms with Crippen LogP contribution in [0.3, 0.4) is 0 Å². The molecule has 0 spiro atoms. The summed E-state index contributed by atoms with van der Waals surface area (Å²) in [4.78, 5) is 42.0. The number of aromatic nitrogens is 1. The fraction of sp³-hybridized carbons (Fsp3) is 0.0882. The summed E-state index contributed by atoms with van der Waals surface area (Å²) < 4.78 is 0. The van der Waals surface area contributed by atoms with Gasteiger partial charge in [0.2, 0.25) is 11.8 Å². The maximum Gasteiger partial charge on any atom is 0.255 e. The molecule has 3 amide bonds. The van der Waals surface area contributed by atoms with Crippen LogP contribution < -0.4 is 21.7 Å². The number of amides is 3. The van der Waals surface area contributed by atoms with Crippen LogP contribution in [-0.2, 0) is 22.6 Å². The molecule has 0 saturated carbocycles. The lowest BCUT2D eigenvalue weighted by atomic mass is 10.0. The molecule has 42 heavy (non-hydrogen) atoms. The number of anilines is 2. The van der Waals surface area contributed by atoms with Crippen molar-refractivity contribution in [1.82, 2.24) is 15.6 Å². The number of rotatable bonds is 10. The summed E-state index contributed by atoms with van der Waals surface area (Å²) in [6.45, 7) is 0.229. The molecule has 1 heterocycles. The molecule has 8 heteroatoms. The summed E-state index contributed by atoms with van der Waals surface area (Å²) in [5, 5.41) is 9.59. The van der Waals surface area contributed by atoms with Crippen molar-refractivity contribution in [2.45, 2.75) is 19.0 Å². The number of para-hydroxylation sites is 3. The average molecular weight is 558 g/mol. The topological polar surface area (TPSA) is 129 Å². The molecule has 0 fully saturated rings. The van der Waals surface area contributed by atoms with Crippen molar-refractivity contribution >= 4 is 46.1 Å². The van der Waals surface area contributed by atoms with Gasteiger partial charge in [0.05, 0.1) is 11.4 Å². The molecule has 5 rings (SSSR count). The SMILES string of the molecule is Nc1ccccc1NC(=O)c1ccc(CNC(=O)C(Cc2c[nH]c3ccccc23)NC(=O)/C=C/c2ccccc2)cc1. The Morgan fingerprint density at radius 2 is 1.55 bits per heavy atom. The Kier molecular flexibility index (Phi) is 8.74. The second kappa shape index (κ2) is 13.1. The fourth-order valence-electron chi connectivity index (χ4n) is 4.58. The van der Waals surface area contributed by atoms with Crippen LogP contribution in [0.15, 0.2) is 115 Å².